The van der Waals surface area contributed by atoms with Gasteiger partial charge in [0.2, 0.25) is 0 Å². The normalized spacial score (nSPS) is 11.1. The molecule has 28 heavy (non-hydrogen) atoms. The van der Waals surface area contributed by atoms with E-state index < -0.39 is 29.0 Å². The molecule has 7 nitrogen and oxygen atoms in total. The monoisotopic (exact) mass is 382 g/mol. The summed E-state index contributed by atoms with van der Waals surface area (Å²) >= 11 is 0. The van der Waals surface area contributed by atoms with Crippen LogP contribution < -0.4 is 0 Å². The highest BCUT2D eigenvalue weighted by Gasteiger charge is 2.21. The molecule has 2 heterocycles. The molecule has 0 aliphatic heterocycles. The Morgan fingerprint density at radius 2 is 1.79 bits per heavy atom. The molecule has 0 aliphatic rings. The Hall–Kier alpha value is -3.88. The zero-order valence-electron chi connectivity index (χ0n) is 14.2. The van der Waals surface area contributed by atoms with Crippen LogP contribution in [0.25, 0.3) is 22.6 Å². The van der Waals surface area contributed by atoms with E-state index in [0.29, 0.717) is 16.8 Å². The first-order chi connectivity index (χ1) is 13.5. The summed E-state index contributed by atoms with van der Waals surface area (Å²) in [5.41, 5.74) is 0.832. The van der Waals surface area contributed by atoms with Gasteiger partial charge in [0.25, 0.3) is 0 Å². The van der Waals surface area contributed by atoms with Crippen LogP contribution >= 0.6 is 0 Å². The number of Topliss-reactive ketones (excluding diaryl/α,β-unsaturated/α-hetero) is 1. The molecule has 9 heteroatoms. The number of carboxylic acid groups (broad SMARTS) is 1. The average molecular weight is 382 g/mol. The number of nitrogens with zero attached hydrogens (tertiary/aromatic N) is 2. The topological polar surface area (TPSA) is 112 Å². The van der Waals surface area contributed by atoms with Crippen LogP contribution in [0.2, 0.25) is 0 Å². The van der Waals surface area contributed by atoms with Gasteiger partial charge in [0.1, 0.15) is 22.8 Å². The Kier molecular flexibility index (Phi) is 4.19. The Labute approximate surface area is 156 Å². The minimum Gasteiger partial charge on any atom is -0.478 e. The van der Waals surface area contributed by atoms with Crippen molar-refractivity contribution in [2.45, 2.75) is 6.42 Å². The van der Waals surface area contributed by atoms with Gasteiger partial charge in [-0.1, -0.05) is 12.1 Å². The Balaban J connectivity index is 1.72. The van der Waals surface area contributed by atoms with E-state index in [-0.39, 0.29) is 23.3 Å². The van der Waals surface area contributed by atoms with Gasteiger partial charge in [0, 0.05) is 12.0 Å². The quantitative estimate of drug-likeness (QED) is 0.458. The number of aromatic nitrogens is 4. The average Bonchev–Trinajstić information content (AvgIpc) is 3.27. The number of aromatic amines is 2. The van der Waals surface area contributed by atoms with Gasteiger partial charge in [-0.15, -0.1) is 0 Å². The predicted octanol–water partition coefficient (Wildman–Crippen LogP) is 3.35. The maximum Gasteiger partial charge on any atom is 0.337 e. The van der Waals surface area contributed by atoms with E-state index in [2.05, 4.69) is 20.2 Å². The number of carbonyl (C=O) groups excluding carboxylic acids is 1. The molecular formula is C19H12F2N4O3. The molecule has 0 amide bonds. The fourth-order valence-corrected chi connectivity index (χ4v) is 3.00. The second kappa shape index (κ2) is 6.69. The van der Waals surface area contributed by atoms with Crippen molar-refractivity contribution in [1.82, 2.24) is 20.2 Å². The number of carbonyl (C=O) groups is 2. The number of H-pyrrole nitrogens is 2. The third kappa shape index (κ3) is 2.92. The lowest BCUT2D eigenvalue weighted by atomic mass is 10.0. The molecule has 0 atom stereocenters. The highest BCUT2D eigenvalue weighted by Crippen LogP contribution is 2.25. The van der Waals surface area contributed by atoms with E-state index in [0.717, 1.165) is 12.1 Å². The molecule has 4 rings (SSSR count). The zero-order valence-corrected chi connectivity index (χ0v) is 14.2. The number of carboxylic acids is 1. The van der Waals surface area contributed by atoms with Gasteiger partial charge < -0.3 is 10.1 Å². The largest absolute Gasteiger partial charge is 0.478 e. The van der Waals surface area contributed by atoms with Gasteiger partial charge in [0.15, 0.2) is 11.6 Å². The highest BCUT2D eigenvalue weighted by atomic mass is 19.1. The van der Waals surface area contributed by atoms with Crippen LogP contribution in [0.1, 0.15) is 26.3 Å². The molecule has 4 aromatic rings. The van der Waals surface area contributed by atoms with E-state index in [4.69, 9.17) is 0 Å². The number of imidazole rings is 1. The van der Waals surface area contributed by atoms with E-state index in [9.17, 15) is 23.5 Å². The second-order valence-electron chi connectivity index (χ2n) is 6.06. The van der Waals surface area contributed by atoms with E-state index in [1.165, 1.54) is 18.3 Å². The summed E-state index contributed by atoms with van der Waals surface area (Å²) in [6.07, 6.45) is 1.05. The molecule has 140 valence electrons. The second-order valence-corrected chi connectivity index (χ2v) is 6.06. The first-order valence-corrected chi connectivity index (χ1v) is 8.17. The summed E-state index contributed by atoms with van der Waals surface area (Å²) in [6, 6.07) is 7.87. The number of rotatable bonds is 5. The van der Waals surface area contributed by atoms with E-state index >= 15 is 0 Å². The Morgan fingerprint density at radius 1 is 1.07 bits per heavy atom. The third-order valence-corrected chi connectivity index (χ3v) is 4.29. The van der Waals surface area contributed by atoms with Crippen LogP contribution in [0.4, 0.5) is 8.78 Å². The number of halogens is 2. The van der Waals surface area contributed by atoms with E-state index in [1.807, 2.05) is 0 Å². The number of nitrogens with one attached hydrogen (secondary N) is 2. The van der Waals surface area contributed by atoms with Crippen molar-refractivity contribution in [2.24, 2.45) is 0 Å². The number of aromatic carboxylic acids is 1. The smallest absolute Gasteiger partial charge is 0.337 e. The SMILES string of the molecule is O=C(Cc1cn[nH]c1-c1nc2c(C(=O)O)cccc2[nH]1)c1c(F)cccc1F. The van der Waals surface area contributed by atoms with E-state index in [1.54, 1.807) is 12.1 Å². The van der Waals surface area contributed by atoms with Crippen LogP contribution in [-0.4, -0.2) is 37.0 Å². The molecule has 2 aromatic carbocycles. The summed E-state index contributed by atoms with van der Waals surface area (Å²) < 4.78 is 27.7. The molecule has 0 aliphatic carbocycles. The molecule has 0 saturated carbocycles. The van der Waals surface area contributed by atoms with Crippen LogP contribution in [-0.2, 0) is 6.42 Å². The number of benzene rings is 2. The summed E-state index contributed by atoms with van der Waals surface area (Å²) in [5.74, 6) is -3.49. The highest BCUT2D eigenvalue weighted by molar-refractivity contribution is 6.02. The van der Waals surface area contributed by atoms with Crippen molar-refractivity contribution in [2.75, 3.05) is 0 Å². The summed E-state index contributed by atoms with van der Waals surface area (Å²) in [5, 5.41) is 15.8. The predicted molar refractivity (Wildman–Crippen MR) is 95.0 cm³/mol. The number of ketones is 1. The van der Waals surface area contributed by atoms with Crippen molar-refractivity contribution in [1.29, 1.82) is 0 Å². The molecular weight excluding hydrogens is 370 g/mol. The third-order valence-electron chi connectivity index (χ3n) is 4.29. The Morgan fingerprint density at radius 3 is 2.50 bits per heavy atom. The maximum absolute atomic E-state index is 13.9. The lowest BCUT2D eigenvalue weighted by Crippen LogP contribution is -2.09. The van der Waals surface area contributed by atoms with Crippen molar-refractivity contribution in [3.05, 3.63) is 70.9 Å². The molecule has 2 aromatic heterocycles. The van der Waals surface area contributed by atoms with Crippen LogP contribution in [0.15, 0.2) is 42.6 Å². The van der Waals surface area contributed by atoms with Crippen LogP contribution in [0.5, 0.6) is 0 Å². The first-order valence-electron chi connectivity index (χ1n) is 8.17. The number of hydrogen-bond donors (Lipinski definition) is 3. The van der Waals surface area contributed by atoms with Crippen LogP contribution in [0.3, 0.4) is 0 Å². The molecule has 3 N–H and O–H groups in total. The minimum absolute atomic E-state index is 0.0190. The zero-order chi connectivity index (χ0) is 19.8. The van der Waals surface area contributed by atoms with Gasteiger partial charge in [-0.3, -0.25) is 9.89 Å². The van der Waals surface area contributed by atoms with Crippen molar-refractivity contribution < 1.29 is 23.5 Å². The summed E-state index contributed by atoms with van der Waals surface area (Å²) in [4.78, 5) is 31.0. The molecule has 0 radical (unpaired) electrons. The van der Waals surface area contributed by atoms with Gasteiger partial charge in [-0.05, 0) is 24.3 Å². The number of para-hydroxylation sites is 1. The Bertz CT molecular complexity index is 1210. The standard InChI is InChI=1S/C19H12F2N4O3/c20-11-4-2-5-12(21)15(11)14(26)7-9-8-22-25-16(9)18-23-13-6-1-3-10(19(27)28)17(13)24-18/h1-6,8H,7H2,(H,22,25)(H,23,24)(H,27,28). The molecule has 0 unspecified atom stereocenters. The van der Waals surface area contributed by atoms with Gasteiger partial charge in [-0.2, -0.15) is 5.10 Å². The molecule has 0 bridgehead atoms. The minimum atomic E-state index is -1.13. The van der Waals surface area contributed by atoms with Crippen molar-refractivity contribution in [3.63, 3.8) is 0 Å². The van der Waals surface area contributed by atoms with Crippen LogP contribution in [0, 0.1) is 11.6 Å². The maximum atomic E-state index is 13.9. The fraction of sp³-hybridized carbons (Fsp3) is 0.0526. The lowest BCUT2D eigenvalue weighted by Gasteiger charge is -2.04. The van der Waals surface area contributed by atoms with Crippen molar-refractivity contribution >= 4 is 22.8 Å². The number of hydrogen-bond acceptors (Lipinski definition) is 4. The van der Waals surface area contributed by atoms with Gasteiger partial charge in [-0.25, -0.2) is 18.6 Å². The molecule has 0 fully saturated rings. The van der Waals surface area contributed by atoms with Gasteiger partial charge in [0.05, 0.1) is 22.8 Å². The molecule has 0 saturated heterocycles. The fourth-order valence-electron chi connectivity index (χ4n) is 3.00. The molecule has 0 spiro atoms. The first kappa shape index (κ1) is 17.5. The summed E-state index contributed by atoms with van der Waals surface area (Å²) in [6.45, 7) is 0. The lowest BCUT2D eigenvalue weighted by molar-refractivity contribution is 0.0698. The van der Waals surface area contributed by atoms with Gasteiger partial charge >= 0.3 is 5.97 Å². The summed E-state index contributed by atoms with van der Waals surface area (Å²) in [7, 11) is 0. The van der Waals surface area contributed by atoms with Crippen molar-refractivity contribution in [3.8, 4) is 11.5 Å². The number of fused-ring (bicyclic) bond motifs is 1.